The molecule has 29 heavy (non-hydrogen) atoms. The molecular formula is C21H24N6O2. The SMILES string of the molecule is Cc1cccc(C(=O)N2C[C@H](Oc3cc(N)ccn3)CC[C@H]2C)c1-n1nccn1. The summed E-state index contributed by atoms with van der Waals surface area (Å²) in [4.78, 5) is 21.1. The lowest BCUT2D eigenvalue weighted by Crippen LogP contribution is -2.49. The second kappa shape index (κ2) is 7.90. The molecule has 0 radical (unpaired) electrons. The van der Waals surface area contributed by atoms with Gasteiger partial charge in [-0.1, -0.05) is 12.1 Å². The van der Waals surface area contributed by atoms with Crippen LogP contribution in [0.2, 0.25) is 0 Å². The first-order valence-corrected chi connectivity index (χ1v) is 9.68. The molecule has 2 aromatic heterocycles. The fraction of sp³-hybridized carbons (Fsp3) is 0.333. The van der Waals surface area contributed by atoms with E-state index in [4.69, 9.17) is 10.5 Å². The summed E-state index contributed by atoms with van der Waals surface area (Å²) in [6, 6.07) is 9.18. The fourth-order valence-electron chi connectivity index (χ4n) is 3.70. The fourth-order valence-corrected chi connectivity index (χ4v) is 3.70. The van der Waals surface area contributed by atoms with Crippen molar-refractivity contribution in [2.24, 2.45) is 0 Å². The van der Waals surface area contributed by atoms with Gasteiger partial charge in [-0.25, -0.2) is 4.98 Å². The number of carbonyl (C=O) groups excluding carboxylic acids is 1. The Bertz CT molecular complexity index is 1000. The average molecular weight is 392 g/mol. The number of likely N-dealkylation sites (tertiary alicyclic amines) is 1. The van der Waals surface area contributed by atoms with Crippen molar-refractivity contribution in [3.05, 3.63) is 60.0 Å². The van der Waals surface area contributed by atoms with Crippen LogP contribution in [0.25, 0.3) is 5.69 Å². The van der Waals surface area contributed by atoms with Crippen molar-refractivity contribution < 1.29 is 9.53 Å². The maximum Gasteiger partial charge on any atom is 0.256 e. The Kier molecular flexibility index (Phi) is 5.16. The molecule has 8 nitrogen and oxygen atoms in total. The first kappa shape index (κ1) is 18.9. The van der Waals surface area contributed by atoms with Crippen molar-refractivity contribution in [2.45, 2.75) is 38.8 Å². The topological polar surface area (TPSA) is 99.2 Å². The number of piperidine rings is 1. The first-order valence-electron chi connectivity index (χ1n) is 9.68. The molecule has 2 atom stereocenters. The summed E-state index contributed by atoms with van der Waals surface area (Å²) in [6.07, 6.45) is 6.39. The third-order valence-electron chi connectivity index (χ3n) is 5.23. The van der Waals surface area contributed by atoms with Gasteiger partial charge in [-0.15, -0.1) is 0 Å². The van der Waals surface area contributed by atoms with Crippen LogP contribution in [-0.2, 0) is 0 Å². The number of aryl methyl sites for hydroxylation is 1. The van der Waals surface area contributed by atoms with Crippen LogP contribution in [0.15, 0.2) is 48.9 Å². The Morgan fingerprint density at radius 2 is 1.97 bits per heavy atom. The second-order valence-corrected chi connectivity index (χ2v) is 7.34. The summed E-state index contributed by atoms with van der Waals surface area (Å²) in [5, 5.41) is 8.45. The van der Waals surface area contributed by atoms with Gasteiger partial charge < -0.3 is 15.4 Å². The van der Waals surface area contributed by atoms with Gasteiger partial charge in [0, 0.05) is 24.0 Å². The molecule has 8 heteroatoms. The van der Waals surface area contributed by atoms with Crippen LogP contribution in [0.4, 0.5) is 5.69 Å². The summed E-state index contributed by atoms with van der Waals surface area (Å²) in [5.74, 6) is 0.427. The molecule has 1 saturated heterocycles. The number of nitrogen functional groups attached to an aromatic ring is 1. The predicted octanol–water partition coefficient (Wildman–Crippen LogP) is 2.63. The van der Waals surface area contributed by atoms with Gasteiger partial charge >= 0.3 is 0 Å². The minimum Gasteiger partial charge on any atom is -0.472 e. The number of hydrogen-bond acceptors (Lipinski definition) is 6. The lowest BCUT2D eigenvalue weighted by molar-refractivity contribution is 0.0373. The van der Waals surface area contributed by atoms with Crippen molar-refractivity contribution in [1.29, 1.82) is 0 Å². The molecule has 3 aromatic rings. The highest BCUT2D eigenvalue weighted by atomic mass is 16.5. The molecule has 4 rings (SSSR count). The Hall–Kier alpha value is -3.42. The lowest BCUT2D eigenvalue weighted by atomic mass is 9.99. The summed E-state index contributed by atoms with van der Waals surface area (Å²) in [7, 11) is 0. The van der Waals surface area contributed by atoms with E-state index in [9.17, 15) is 4.79 Å². The molecule has 150 valence electrons. The number of ether oxygens (including phenoxy) is 1. The van der Waals surface area contributed by atoms with E-state index >= 15 is 0 Å². The number of aromatic nitrogens is 4. The molecule has 1 aliphatic heterocycles. The van der Waals surface area contributed by atoms with Gasteiger partial charge in [-0.05, 0) is 44.4 Å². The van der Waals surface area contributed by atoms with Gasteiger partial charge in [0.1, 0.15) is 11.8 Å². The molecule has 1 fully saturated rings. The second-order valence-electron chi connectivity index (χ2n) is 7.34. The molecular weight excluding hydrogens is 368 g/mol. The molecule has 0 bridgehead atoms. The Labute approximate surface area is 169 Å². The summed E-state index contributed by atoms with van der Waals surface area (Å²) >= 11 is 0. The van der Waals surface area contributed by atoms with Crippen LogP contribution in [0.5, 0.6) is 5.88 Å². The molecule has 1 aliphatic rings. The van der Waals surface area contributed by atoms with Gasteiger partial charge in [0.15, 0.2) is 0 Å². The van der Waals surface area contributed by atoms with Crippen LogP contribution in [0, 0.1) is 6.92 Å². The van der Waals surface area contributed by atoms with Gasteiger partial charge in [-0.3, -0.25) is 4.79 Å². The van der Waals surface area contributed by atoms with Gasteiger partial charge in [-0.2, -0.15) is 15.0 Å². The Morgan fingerprint density at radius 3 is 2.72 bits per heavy atom. The quantitative estimate of drug-likeness (QED) is 0.733. The zero-order chi connectivity index (χ0) is 20.4. The number of carbonyl (C=O) groups is 1. The zero-order valence-corrected chi connectivity index (χ0v) is 16.5. The smallest absolute Gasteiger partial charge is 0.256 e. The van der Waals surface area contributed by atoms with Gasteiger partial charge in [0.25, 0.3) is 5.91 Å². The largest absolute Gasteiger partial charge is 0.472 e. The van der Waals surface area contributed by atoms with Crippen molar-refractivity contribution >= 4 is 11.6 Å². The molecule has 0 aliphatic carbocycles. The third kappa shape index (κ3) is 3.91. The molecule has 0 unspecified atom stereocenters. The highest BCUT2D eigenvalue weighted by molar-refractivity contribution is 5.98. The average Bonchev–Trinajstić information content (AvgIpc) is 3.23. The first-order chi connectivity index (χ1) is 14.0. The Balaban J connectivity index is 1.59. The van der Waals surface area contributed by atoms with Gasteiger partial charge in [0.2, 0.25) is 5.88 Å². The monoisotopic (exact) mass is 392 g/mol. The highest BCUT2D eigenvalue weighted by Gasteiger charge is 2.32. The van der Waals surface area contributed by atoms with E-state index in [1.807, 2.05) is 30.0 Å². The number of benzene rings is 1. The van der Waals surface area contributed by atoms with E-state index in [1.165, 1.54) is 4.80 Å². The Morgan fingerprint density at radius 1 is 1.17 bits per heavy atom. The van der Waals surface area contributed by atoms with Gasteiger partial charge in [0.05, 0.1) is 24.5 Å². The van der Waals surface area contributed by atoms with Crippen LogP contribution in [0.1, 0.15) is 35.7 Å². The van der Waals surface area contributed by atoms with Crippen molar-refractivity contribution in [2.75, 3.05) is 12.3 Å². The van der Waals surface area contributed by atoms with Crippen molar-refractivity contribution in [3.8, 4) is 11.6 Å². The molecule has 0 spiro atoms. The molecule has 0 saturated carbocycles. The maximum absolute atomic E-state index is 13.5. The van der Waals surface area contributed by atoms with Crippen LogP contribution >= 0.6 is 0 Å². The van der Waals surface area contributed by atoms with Crippen LogP contribution in [0.3, 0.4) is 0 Å². The van der Waals surface area contributed by atoms with E-state index in [0.717, 1.165) is 18.4 Å². The number of nitrogens with zero attached hydrogens (tertiary/aromatic N) is 5. The normalized spacial score (nSPS) is 19.2. The molecule has 3 heterocycles. The minimum absolute atomic E-state index is 0.0534. The maximum atomic E-state index is 13.5. The van der Waals surface area contributed by atoms with E-state index in [1.54, 1.807) is 30.7 Å². The van der Waals surface area contributed by atoms with E-state index in [0.29, 0.717) is 29.4 Å². The number of nitrogens with two attached hydrogens (primary N) is 1. The van der Waals surface area contributed by atoms with Crippen LogP contribution < -0.4 is 10.5 Å². The number of anilines is 1. The standard InChI is InChI=1S/C21H24N6O2/c1-14-4-3-5-18(20(14)27-24-10-11-25-27)21(28)26-13-17(7-6-15(26)2)29-19-12-16(22)8-9-23-19/h3-5,8-12,15,17H,6-7,13H2,1-2H3,(H2,22,23)/t15-,17-/m1/s1. The highest BCUT2D eigenvalue weighted by Crippen LogP contribution is 2.26. The molecule has 1 amide bonds. The van der Waals surface area contributed by atoms with Crippen LogP contribution in [-0.4, -0.2) is 49.5 Å². The van der Waals surface area contributed by atoms with Crippen molar-refractivity contribution in [1.82, 2.24) is 24.9 Å². The van der Waals surface area contributed by atoms with E-state index in [-0.39, 0.29) is 18.1 Å². The summed E-state index contributed by atoms with van der Waals surface area (Å²) < 4.78 is 6.01. The lowest BCUT2D eigenvalue weighted by Gasteiger charge is -2.38. The zero-order valence-electron chi connectivity index (χ0n) is 16.5. The molecule has 1 aromatic carbocycles. The third-order valence-corrected chi connectivity index (χ3v) is 5.23. The van der Waals surface area contributed by atoms with E-state index in [2.05, 4.69) is 22.1 Å². The summed E-state index contributed by atoms with van der Waals surface area (Å²) in [5.41, 5.74) is 8.64. The number of amides is 1. The number of hydrogen-bond donors (Lipinski definition) is 1. The van der Waals surface area contributed by atoms with E-state index < -0.39 is 0 Å². The number of pyridine rings is 1. The minimum atomic E-state index is -0.138. The predicted molar refractivity (Wildman–Crippen MR) is 109 cm³/mol. The molecule has 2 N–H and O–H groups in total. The number of rotatable bonds is 4. The van der Waals surface area contributed by atoms with Crippen molar-refractivity contribution in [3.63, 3.8) is 0 Å². The summed E-state index contributed by atoms with van der Waals surface area (Å²) in [6.45, 7) is 4.50. The number of para-hydroxylation sites is 1.